The second-order valence-electron chi connectivity index (χ2n) is 4.44. The highest BCUT2D eigenvalue weighted by Gasteiger charge is 2.19. The number of hydrogen-bond donors (Lipinski definition) is 0. The molecule has 3 unspecified atom stereocenters. The highest BCUT2D eigenvalue weighted by Crippen LogP contribution is 2.29. The van der Waals surface area contributed by atoms with Crippen LogP contribution < -0.4 is 0 Å². The van der Waals surface area contributed by atoms with Gasteiger partial charge in [-0.15, -0.1) is 0 Å². The average molecular weight is 182 g/mol. The van der Waals surface area contributed by atoms with Crippen molar-refractivity contribution in [1.82, 2.24) is 0 Å². The first-order valence-corrected chi connectivity index (χ1v) is 5.72. The summed E-state index contributed by atoms with van der Waals surface area (Å²) < 4.78 is 0. The van der Waals surface area contributed by atoms with Crippen molar-refractivity contribution in [1.29, 1.82) is 0 Å². The minimum atomic E-state index is 0.690. The summed E-state index contributed by atoms with van der Waals surface area (Å²) in [6, 6.07) is 0. The van der Waals surface area contributed by atoms with Crippen molar-refractivity contribution >= 4 is 0 Å². The molecule has 0 fully saturated rings. The molecule has 0 bridgehead atoms. The Morgan fingerprint density at radius 2 is 1.69 bits per heavy atom. The first-order valence-electron chi connectivity index (χ1n) is 5.72. The first-order chi connectivity index (χ1) is 6.04. The van der Waals surface area contributed by atoms with Crippen LogP contribution in [0.15, 0.2) is 12.2 Å². The zero-order valence-electron chi connectivity index (χ0n) is 10.1. The third-order valence-corrected chi connectivity index (χ3v) is 3.55. The van der Waals surface area contributed by atoms with Crippen LogP contribution in [0.5, 0.6) is 0 Å². The van der Waals surface area contributed by atoms with Crippen molar-refractivity contribution < 1.29 is 0 Å². The van der Waals surface area contributed by atoms with Crippen molar-refractivity contribution in [3.8, 4) is 0 Å². The molecule has 0 nitrogen and oxygen atoms in total. The van der Waals surface area contributed by atoms with Gasteiger partial charge in [0.25, 0.3) is 0 Å². The summed E-state index contributed by atoms with van der Waals surface area (Å²) in [6.07, 6.45) is 3.71. The van der Waals surface area contributed by atoms with Gasteiger partial charge in [-0.05, 0) is 24.2 Å². The molecule has 0 aliphatic rings. The Hall–Kier alpha value is -0.260. The predicted molar refractivity (Wildman–Crippen MR) is 61.8 cm³/mol. The van der Waals surface area contributed by atoms with Crippen LogP contribution >= 0.6 is 0 Å². The monoisotopic (exact) mass is 182 g/mol. The summed E-state index contributed by atoms with van der Waals surface area (Å²) in [5.74, 6) is 2.29. The highest BCUT2D eigenvalue weighted by molar-refractivity contribution is 5.00. The fraction of sp³-hybridized carbons (Fsp3) is 0.846. The van der Waals surface area contributed by atoms with Gasteiger partial charge in [0.1, 0.15) is 0 Å². The smallest absolute Gasteiger partial charge is 0.0206 e. The second-order valence-corrected chi connectivity index (χ2v) is 4.44. The molecule has 0 aromatic heterocycles. The molecule has 0 spiro atoms. The molecule has 3 atom stereocenters. The Bertz CT molecular complexity index is 146. The molecule has 0 heteroatoms. The number of allylic oxidation sites excluding steroid dienone is 1. The maximum absolute atomic E-state index is 4.18. The molecule has 0 aromatic carbocycles. The topological polar surface area (TPSA) is 0 Å². The van der Waals surface area contributed by atoms with Gasteiger partial charge < -0.3 is 0 Å². The van der Waals surface area contributed by atoms with Crippen LogP contribution in [0, 0.1) is 17.8 Å². The normalized spacial score (nSPS) is 17.9. The van der Waals surface area contributed by atoms with Crippen LogP contribution in [0.4, 0.5) is 0 Å². The summed E-state index contributed by atoms with van der Waals surface area (Å²) in [5, 5.41) is 0. The van der Waals surface area contributed by atoms with Crippen LogP contribution in [-0.4, -0.2) is 0 Å². The van der Waals surface area contributed by atoms with E-state index >= 15 is 0 Å². The first kappa shape index (κ1) is 12.7. The number of rotatable bonds is 6. The zero-order chi connectivity index (χ0) is 10.4. The summed E-state index contributed by atoms with van der Waals surface area (Å²) in [6.45, 7) is 15.7. The summed E-state index contributed by atoms with van der Waals surface area (Å²) in [7, 11) is 0. The Balaban J connectivity index is 4.07. The second kappa shape index (κ2) is 6.23. The van der Waals surface area contributed by atoms with Crippen molar-refractivity contribution in [2.75, 3.05) is 0 Å². The number of hydrogen-bond acceptors (Lipinski definition) is 0. The summed E-state index contributed by atoms with van der Waals surface area (Å²) in [5.41, 5.74) is 1.44. The third kappa shape index (κ3) is 3.97. The Kier molecular flexibility index (Phi) is 6.11. The Labute approximate surface area is 84.4 Å². The lowest BCUT2D eigenvalue weighted by molar-refractivity contribution is 0.298. The van der Waals surface area contributed by atoms with Crippen LogP contribution in [0.1, 0.15) is 53.9 Å². The molecule has 0 aliphatic carbocycles. The van der Waals surface area contributed by atoms with E-state index in [1.807, 2.05) is 0 Å². The molecule has 0 heterocycles. The molecule has 78 valence electrons. The van der Waals surface area contributed by atoms with Gasteiger partial charge in [0.05, 0.1) is 0 Å². The third-order valence-electron chi connectivity index (χ3n) is 3.55. The Morgan fingerprint density at radius 3 is 2.08 bits per heavy atom. The molecule has 0 radical (unpaired) electrons. The molecule has 0 saturated carbocycles. The lowest BCUT2D eigenvalue weighted by Crippen LogP contribution is -2.17. The van der Waals surface area contributed by atoms with Crippen molar-refractivity contribution in [3.05, 3.63) is 12.2 Å². The van der Waals surface area contributed by atoms with E-state index in [0.717, 1.165) is 11.8 Å². The molecule has 0 amide bonds. The highest BCUT2D eigenvalue weighted by atomic mass is 14.2. The molecule has 0 aliphatic heterocycles. The fourth-order valence-electron chi connectivity index (χ4n) is 1.79. The molecule has 0 saturated heterocycles. The maximum atomic E-state index is 4.18. The standard InChI is InChI=1S/C13H26/c1-7-9-11(4)13(6)12(5)10(3)8-2/h10,12-13H,4,7-9H2,1-3,5-6H3. The fourth-order valence-corrected chi connectivity index (χ4v) is 1.79. The van der Waals surface area contributed by atoms with E-state index < -0.39 is 0 Å². The molecule has 13 heavy (non-hydrogen) atoms. The van der Waals surface area contributed by atoms with Crippen molar-refractivity contribution in [2.45, 2.75) is 53.9 Å². The summed E-state index contributed by atoms with van der Waals surface area (Å²) >= 11 is 0. The van der Waals surface area contributed by atoms with Crippen LogP contribution in [0.25, 0.3) is 0 Å². The van der Waals surface area contributed by atoms with Crippen molar-refractivity contribution in [3.63, 3.8) is 0 Å². The lowest BCUT2D eigenvalue weighted by atomic mass is 9.79. The van der Waals surface area contributed by atoms with Crippen LogP contribution in [0.2, 0.25) is 0 Å². The van der Waals surface area contributed by atoms with Gasteiger partial charge in [0.15, 0.2) is 0 Å². The van der Waals surface area contributed by atoms with Crippen LogP contribution in [0.3, 0.4) is 0 Å². The van der Waals surface area contributed by atoms with E-state index in [4.69, 9.17) is 0 Å². The van der Waals surface area contributed by atoms with E-state index in [1.54, 1.807) is 0 Å². The minimum absolute atomic E-state index is 0.690. The predicted octanol–water partition coefficient (Wildman–Crippen LogP) is 4.66. The van der Waals surface area contributed by atoms with Gasteiger partial charge in [0, 0.05) is 0 Å². The summed E-state index contributed by atoms with van der Waals surface area (Å²) in [4.78, 5) is 0. The minimum Gasteiger partial charge on any atom is -0.0996 e. The van der Waals surface area contributed by atoms with Crippen molar-refractivity contribution in [2.24, 2.45) is 17.8 Å². The van der Waals surface area contributed by atoms with E-state index in [2.05, 4.69) is 41.2 Å². The van der Waals surface area contributed by atoms with Gasteiger partial charge in [-0.2, -0.15) is 0 Å². The van der Waals surface area contributed by atoms with E-state index in [1.165, 1.54) is 24.8 Å². The average Bonchev–Trinajstić information content (AvgIpc) is 2.14. The Morgan fingerprint density at radius 1 is 1.15 bits per heavy atom. The molecule has 0 N–H and O–H groups in total. The SMILES string of the molecule is C=C(CCC)C(C)C(C)C(C)CC. The molecular weight excluding hydrogens is 156 g/mol. The van der Waals surface area contributed by atoms with E-state index in [9.17, 15) is 0 Å². The van der Waals surface area contributed by atoms with Gasteiger partial charge in [-0.3, -0.25) is 0 Å². The van der Waals surface area contributed by atoms with Gasteiger partial charge in [0.2, 0.25) is 0 Å². The molecule has 0 aromatic rings. The van der Waals surface area contributed by atoms with E-state index in [0.29, 0.717) is 5.92 Å². The van der Waals surface area contributed by atoms with Gasteiger partial charge >= 0.3 is 0 Å². The molecular formula is C13H26. The largest absolute Gasteiger partial charge is 0.0996 e. The lowest BCUT2D eigenvalue weighted by Gasteiger charge is -2.26. The quantitative estimate of drug-likeness (QED) is 0.524. The van der Waals surface area contributed by atoms with E-state index in [-0.39, 0.29) is 0 Å². The zero-order valence-corrected chi connectivity index (χ0v) is 10.1. The van der Waals surface area contributed by atoms with Crippen LogP contribution in [-0.2, 0) is 0 Å². The van der Waals surface area contributed by atoms with Gasteiger partial charge in [-0.1, -0.05) is 59.6 Å². The van der Waals surface area contributed by atoms with Gasteiger partial charge in [-0.25, -0.2) is 0 Å². The maximum Gasteiger partial charge on any atom is -0.0206 e. The molecule has 0 rings (SSSR count).